The Morgan fingerprint density at radius 3 is 2.12 bits per heavy atom. The monoisotopic (exact) mass is 224 g/mol. The lowest BCUT2D eigenvalue weighted by Gasteiger charge is -1.90. The van der Waals surface area contributed by atoms with Crippen LogP contribution in [0, 0.1) is 6.92 Å². The Morgan fingerprint density at radius 2 is 1.53 bits per heavy atom. The summed E-state index contributed by atoms with van der Waals surface area (Å²) in [5.74, 6) is 0. The van der Waals surface area contributed by atoms with Gasteiger partial charge >= 0.3 is 0 Å². The summed E-state index contributed by atoms with van der Waals surface area (Å²) in [4.78, 5) is 4.18. The molecule has 0 fully saturated rings. The molecule has 17 heavy (non-hydrogen) atoms. The van der Waals surface area contributed by atoms with Gasteiger partial charge in [0.2, 0.25) is 0 Å². The second kappa shape index (κ2) is 5.30. The zero-order valence-corrected chi connectivity index (χ0v) is 10.2. The van der Waals surface area contributed by atoms with Crippen LogP contribution < -0.4 is 0 Å². The first kappa shape index (κ1) is 11.4. The van der Waals surface area contributed by atoms with Crippen LogP contribution in [0.4, 0.5) is 0 Å². The third-order valence-electron chi connectivity index (χ3n) is 2.57. The van der Waals surface area contributed by atoms with Crippen LogP contribution in [-0.2, 0) is 7.05 Å². The van der Waals surface area contributed by atoms with Crippen molar-refractivity contribution < 1.29 is 0 Å². The number of hydrogen-bond acceptors (Lipinski definition) is 1. The SMILES string of the molecule is Cc1ccccc1.Cn1cnc2ccccc21. The van der Waals surface area contributed by atoms with Crippen molar-refractivity contribution in [3.05, 3.63) is 66.5 Å². The molecule has 0 spiro atoms. The summed E-state index contributed by atoms with van der Waals surface area (Å²) in [6.45, 7) is 2.08. The lowest BCUT2D eigenvalue weighted by Crippen LogP contribution is -1.81. The Hall–Kier alpha value is -2.09. The highest BCUT2D eigenvalue weighted by Gasteiger charge is 1.93. The predicted octanol–water partition coefficient (Wildman–Crippen LogP) is 3.57. The fourth-order valence-corrected chi connectivity index (χ4v) is 1.62. The number of aromatic nitrogens is 2. The Labute approximate surface area is 102 Å². The minimum absolute atomic E-state index is 1.06. The first-order chi connectivity index (χ1) is 8.27. The number of nitrogens with zero attached hydrogens (tertiary/aromatic N) is 2. The average Bonchev–Trinajstić information content (AvgIpc) is 2.74. The van der Waals surface area contributed by atoms with Gasteiger partial charge in [-0.25, -0.2) is 4.98 Å². The summed E-state index contributed by atoms with van der Waals surface area (Å²) in [6, 6.07) is 18.3. The molecule has 3 rings (SSSR count). The van der Waals surface area contributed by atoms with Crippen LogP contribution >= 0.6 is 0 Å². The van der Waals surface area contributed by atoms with Gasteiger partial charge in [0.25, 0.3) is 0 Å². The van der Waals surface area contributed by atoms with Gasteiger partial charge in [-0.3, -0.25) is 0 Å². The van der Waals surface area contributed by atoms with Crippen molar-refractivity contribution in [1.29, 1.82) is 0 Å². The second-order valence-electron chi connectivity index (χ2n) is 4.00. The normalized spacial score (nSPS) is 9.76. The molecule has 0 amide bonds. The average molecular weight is 224 g/mol. The number of aryl methyl sites for hydroxylation is 2. The zero-order valence-electron chi connectivity index (χ0n) is 10.2. The quantitative estimate of drug-likeness (QED) is 0.571. The molecule has 0 atom stereocenters. The summed E-state index contributed by atoms with van der Waals surface area (Å²) in [7, 11) is 2.00. The molecule has 2 aromatic carbocycles. The van der Waals surface area contributed by atoms with Gasteiger partial charge in [0.1, 0.15) is 0 Å². The molecule has 0 saturated heterocycles. The molecule has 2 nitrogen and oxygen atoms in total. The van der Waals surface area contributed by atoms with E-state index in [0.717, 1.165) is 5.52 Å². The maximum absolute atomic E-state index is 4.18. The summed E-state index contributed by atoms with van der Waals surface area (Å²) in [5.41, 5.74) is 3.56. The van der Waals surface area contributed by atoms with E-state index in [0.29, 0.717) is 0 Å². The van der Waals surface area contributed by atoms with Crippen LogP contribution in [0.5, 0.6) is 0 Å². The fourth-order valence-electron chi connectivity index (χ4n) is 1.62. The van der Waals surface area contributed by atoms with Crippen molar-refractivity contribution in [2.45, 2.75) is 6.92 Å². The largest absolute Gasteiger partial charge is 0.334 e. The smallest absolute Gasteiger partial charge is 0.0955 e. The van der Waals surface area contributed by atoms with Crippen molar-refractivity contribution in [2.75, 3.05) is 0 Å². The van der Waals surface area contributed by atoms with Crippen LogP contribution in [-0.4, -0.2) is 9.55 Å². The molecule has 1 heterocycles. The van der Waals surface area contributed by atoms with Crippen molar-refractivity contribution in [1.82, 2.24) is 9.55 Å². The first-order valence-electron chi connectivity index (χ1n) is 5.65. The van der Waals surface area contributed by atoms with E-state index in [1.54, 1.807) is 0 Å². The van der Waals surface area contributed by atoms with Crippen molar-refractivity contribution >= 4 is 11.0 Å². The summed E-state index contributed by atoms with van der Waals surface area (Å²) in [5, 5.41) is 0. The van der Waals surface area contributed by atoms with Gasteiger partial charge in [-0.15, -0.1) is 0 Å². The van der Waals surface area contributed by atoms with Gasteiger partial charge in [-0.1, -0.05) is 48.0 Å². The third-order valence-corrected chi connectivity index (χ3v) is 2.57. The van der Waals surface area contributed by atoms with E-state index in [2.05, 4.69) is 30.1 Å². The van der Waals surface area contributed by atoms with Crippen LogP contribution in [0.1, 0.15) is 5.56 Å². The Morgan fingerprint density at radius 1 is 0.882 bits per heavy atom. The van der Waals surface area contributed by atoms with E-state index >= 15 is 0 Å². The highest BCUT2D eigenvalue weighted by Crippen LogP contribution is 2.08. The van der Waals surface area contributed by atoms with Gasteiger partial charge in [0.15, 0.2) is 0 Å². The summed E-state index contributed by atoms with van der Waals surface area (Å²) < 4.78 is 2.01. The van der Waals surface area contributed by atoms with Crippen LogP contribution in [0.25, 0.3) is 11.0 Å². The molecule has 0 saturated carbocycles. The minimum Gasteiger partial charge on any atom is -0.334 e. The Kier molecular flexibility index (Phi) is 3.55. The molecule has 0 unspecified atom stereocenters. The van der Waals surface area contributed by atoms with Gasteiger partial charge in [0, 0.05) is 7.05 Å². The number of para-hydroxylation sites is 2. The molecule has 2 heteroatoms. The van der Waals surface area contributed by atoms with E-state index in [-0.39, 0.29) is 0 Å². The Bertz CT molecular complexity index is 582. The standard InChI is InChI=1S/C8H8N2.C7H8/c1-10-6-9-7-4-2-3-5-8(7)10;1-7-5-3-2-4-6-7/h2-6H,1H3;2-6H,1H3. The number of imidazole rings is 1. The molecule has 0 aliphatic carbocycles. The lowest BCUT2D eigenvalue weighted by molar-refractivity contribution is 0.948. The molecule has 0 bridgehead atoms. The van der Waals surface area contributed by atoms with E-state index in [1.165, 1.54) is 11.1 Å². The van der Waals surface area contributed by atoms with Gasteiger partial charge in [0.05, 0.1) is 17.4 Å². The Balaban J connectivity index is 0.000000136. The van der Waals surface area contributed by atoms with E-state index in [9.17, 15) is 0 Å². The van der Waals surface area contributed by atoms with Crippen LogP contribution in [0.15, 0.2) is 60.9 Å². The molecule has 0 aliphatic heterocycles. The van der Waals surface area contributed by atoms with Gasteiger partial charge in [-0.05, 0) is 19.1 Å². The van der Waals surface area contributed by atoms with Crippen molar-refractivity contribution in [2.24, 2.45) is 7.05 Å². The summed E-state index contributed by atoms with van der Waals surface area (Å²) >= 11 is 0. The predicted molar refractivity (Wildman–Crippen MR) is 71.9 cm³/mol. The van der Waals surface area contributed by atoms with Crippen molar-refractivity contribution in [3.8, 4) is 0 Å². The van der Waals surface area contributed by atoms with Crippen LogP contribution in [0.3, 0.4) is 0 Å². The molecule has 86 valence electrons. The molecule has 3 aromatic rings. The lowest BCUT2D eigenvalue weighted by atomic mass is 10.2. The van der Waals surface area contributed by atoms with E-state index in [1.807, 2.05) is 54.3 Å². The molecule has 1 aromatic heterocycles. The first-order valence-corrected chi connectivity index (χ1v) is 5.65. The molecule has 0 radical (unpaired) electrons. The fraction of sp³-hybridized carbons (Fsp3) is 0.133. The maximum Gasteiger partial charge on any atom is 0.0955 e. The minimum atomic E-state index is 1.06. The molecular formula is C15H16N2. The van der Waals surface area contributed by atoms with Crippen LogP contribution in [0.2, 0.25) is 0 Å². The van der Waals surface area contributed by atoms with Gasteiger partial charge in [-0.2, -0.15) is 0 Å². The second-order valence-corrected chi connectivity index (χ2v) is 4.00. The van der Waals surface area contributed by atoms with Gasteiger partial charge < -0.3 is 4.57 Å². The topological polar surface area (TPSA) is 17.8 Å². The highest BCUT2D eigenvalue weighted by molar-refractivity contribution is 5.74. The molecule has 0 aliphatic rings. The van der Waals surface area contributed by atoms with E-state index in [4.69, 9.17) is 0 Å². The number of hydrogen-bond donors (Lipinski definition) is 0. The van der Waals surface area contributed by atoms with Crippen molar-refractivity contribution in [3.63, 3.8) is 0 Å². The molecular weight excluding hydrogens is 208 g/mol. The summed E-state index contributed by atoms with van der Waals surface area (Å²) in [6.07, 6.45) is 1.82. The highest BCUT2D eigenvalue weighted by atomic mass is 15.0. The maximum atomic E-state index is 4.18. The zero-order chi connectivity index (χ0) is 12.1. The number of rotatable bonds is 0. The van der Waals surface area contributed by atoms with E-state index < -0.39 is 0 Å². The number of fused-ring (bicyclic) bond motifs is 1. The molecule has 0 N–H and O–H groups in total. The third kappa shape index (κ3) is 2.94. The number of benzene rings is 2.